The summed E-state index contributed by atoms with van der Waals surface area (Å²) >= 11 is 6.79. The van der Waals surface area contributed by atoms with E-state index in [2.05, 4.69) is 20.4 Å². The van der Waals surface area contributed by atoms with Crippen LogP contribution in [-0.4, -0.2) is 57.3 Å². The van der Waals surface area contributed by atoms with Crippen LogP contribution in [0.4, 0.5) is 28.2 Å². The summed E-state index contributed by atoms with van der Waals surface area (Å²) in [5.41, 5.74) is -0.610. The van der Waals surface area contributed by atoms with Crippen LogP contribution in [0.5, 0.6) is 5.75 Å². The van der Waals surface area contributed by atoms with E-state index in [1.54, 1.807) is 24.3 Å². The van der Waals surface area contributed by atoms with Gasteiger partial charge < -0.3 is 15.2 Å². The SMILES string of the molecule is COc1ccc(CN(c2nn(C)c3c(-n4c(C(Cc5cc(F)cc(F)c5)NC(=O)O)nc5nc(-c6ccc(F)cc6F)ccc5c4=O)ccc(Cl)c23)S(C)(=O)=O)cc1. The smallest absolute Gasteiger partial charge is 0.405 e. The summed E-state index contributed by atoms with van der Waals surface area (Å²) in [5.74, 6) is -3.59. The molecule has 0 spiro atoms. The van der Waals surface area contributed by atoms with Gasteiger partial charge in [0.25, 0.3) is 5.56 Å². The maximum Gasteiger partial charge on any atom is 0.405 e. The molecule has 13 nitrogen and oxygen atoms in total. The van der Waals surface area contributed by atoms with Crippen LogP contribution < -0.4 is 19.9 Å². The number of nitrogens with one attached hydrogen (secondary N) is 1. The summed E-state index contributed by atoms with van der Waals surface area (Å²) < 4.78 is 92.9. The summed E-state index contributed by atoms with van der Waals surface area (Å²) in [6.45, 7) is -0.185. The van der Waals surface area contributed by atoms with Crippen LogP contribution >= 0.6 is 11.6 Å². The number of hydrogen-bond acceptors (Lipinski definition) is 8. The van der Waals surface area contributed by atoms with E-state index >= 15 is 0 Å². The van der Waals surface area contributed by atoms with Crippen LogP contribution in [0.25, 0.3) is 38.9 Å². The van der Waals surface area contributed by atoms with Crippen molar-refractivity contribution in [3.05, 3.63) is 141 Å². The Morgan fingerprint density at radius 1 is 0.931 bits per heavy atom. The monoisotopic (exact) mass is 835 g/mol. The first kappa shape index (κ1) is 39.7. The van der Waals surface area contributed by atoms with E-state index in [0.717, 1.165) is 39.4 Å². The molecule has 19 heteroatoms. The zero-order valence-corrected chi connectivity index (χ0v) is 32.1. The molecule has 58 heavy (non-hydrogen) atoms. The maximum absolute atomic E-state index is 14.9. The van der Waals surface area contributed by atoms with Gasteiger partial charge in [-0.1, -0.05) is 23.7 Å². The summed E-state index contributed by atoms with van der Waals surface area (Å²) in [7, 11) is -1.09. The topological polar surface area (TPSA) is 162 Å². The Hall–Kier alpha value is -6.53. The maximum atomic E-state index is 14.9. The fraction of sp³-hybridized carbons (Fsp3) is 0.154. The van der Waals surface area contributed by atoms with E-state index in [-0.39, 0.29) is 67.7 Å². The van der Waals surface area contributed by atoms with Gasteiger partial charge in [-0.2, -0.15) is 5.10 Å². The van der Waals surface area contributed by atoms with Gasteiger partial charge in [0.1, 0.15) is 34.8 Å². The van der Waals surface area contributed by atoms with Crippen molar-refractivity contribution in [3.63, 3.8) is 0 Å². The number of carbonyl (C=O) groups is 1. The second-order valence-electron chi connectivity index (χ2n) is 13.1. The number of fused-ring (bicyclic) bond motifs is 2. The van der Waals surface area contributed by atoms with Crippen LogP contribution in [0.15, 0.2) is 89.7 Å². The number of sulfonamides is 1. The second-order valence-corrected chi connectivity index (χ2v) is 15.5. The molecular weight excluding hydrogens is 806 g/mol. The molecule has 0 aliphatic carbocycles. The average molecular weight is 836 g/mol. The number of hydrogen-bond donors (Lipinski definition) is 2. The lowest BCUT2D eigenvalue weighted by atomic mass is 10.0. The number of aromatic nitrogens is 5. The zero-order chi connectivity index (χ0) is 41.6. The number of carboxylic acid groups (broad SMARTS) is 1. The fourth-order valence-corrected chi connectivity index (χ4v) is 7.72. The summed E-state index contributed by atoms with van der Waals surface area (Å²) in [6.07, 6.45) is -1.05. The predicted molar refractivity (Wildman–Crippen MR) is 208 cm³/mol. The number of ether oxygens (including phenoxy) is 1. The van der Waals surface area contributed by atoms with Crippen molar-refractivity contribution < 1.29 is 40.6 Å². The molecule has 7 rings (SSSR count). The van der Waals surface area contributed by atoms with E-state index in [0.29, 0.717) is 23.4 Å². The van der Waals surface area contributed by atoms with Crippen molar-refractivity contribution in [1.29, 1.82) is 0 Å². The van der Waals surface area contributed by atoms with Crippen LogP contribution in [-0.2, 0) is 30.0 Å². The lowest BCUT2D eigenvalue weighted by Crippen LogP contribution is -2.35. The first-order chi connectivity index (χ1) is 27.5. The first-order valence-electron chi connectivity index (χ1n) is 17.1. The molecule has 1 unspecified atom stereocenters. The highest BCUT2D eigenvalue weighted by Crippen LogP contribution is 2.38. The molecule has 0 saturated carbocycles. The molecule has 298 valence electrons. The molecule has 0 bridgehead atoms. The van der Waals surface area contributed by atoms with Gasteiger partial charge in [-0.05, 0) is 71.8 Å². The third kappa shape index (κ3) is 7.75. The average Bonchev–Trinajstić information content (AvgIpc) is 3.50. The minimum absolute atomic E-state index is 0.00390. The van der Waals surface area contributed by atoms with Crippen LogP contribution in [0.1, 0.15) is 23.0 Å². The van der Waals surface area contributed by atoms with E-state index in [9.17, 15) is 40.7 Å². The molecule has 0 aliphatic heterocycles. The Balaban J connectivity index is 1.50. The Morgan fingerprint density at radius 3 is 2.28 bits per heavy atom. The van der Waals surface area contributed by atoms with Crippen molar-refractivity contribution in [2.45, 2.75) is 19.0 Å². The standard InChI is InChI=1S/C39H30ClF4N7O6S/c1-49-34-32(13-11-28(40)33(34)37(48-49)50(58(3,55)56)19-20-4-7-25(57-2)8-5-20)51-36(31(46-39(53)54)16-21-14-23(42)17-24(43)15-21)47-35-27(38(51)52)10-12-30(45-35)26-9-6-22(41)18-29(26)44/h4-15,17-18,31,46H,16,19H2,1-3H3,(H,53,54). The Labute approximate surface area is 331 Å². The minimum Gasteiger partial charge on any atom is -0.497 e. The molecule has 3 heterocycles. The molecule has 4 aromatic carbocycles. The van der Waals surface area contributed by atoms with Crippen LogP contribution in [0.3, 0.4) is 0 Å². The second kappa shape index (κ2) is 15.4. The van der Waals surface area contributed by atoms with Gasteiger partial charge >= 0.3 is 6.09 Å². The van der Waals surface area contributed by atoms with Gasteiger partial charge in [0.15, 0.2) is 11.5 Å². The van der Waals surface area contributed by atoms with E-state index in [1.807, 2.05) is 0 Å². The van der Waals surface area contributed by atoms with Crippen molar-refractivity contribution in [2.75, 3.05) is 17.7 Å². The van der Waals surface area contributed by atoms with Crippen molar-refractivity contribution in [3.8, 4) is 22.7 Å². The summed E-state index contributed by atoms with van der Waals surface area (Å²) in [4.78, 5) is 36.1. The van der Waals surface area contributed by atoms with Gasteiger partial charge in [-0.15, -0.1) is 0 Å². The molecule has 0 aliphatic rings. The summed E-state index contributed by atoms with van der Waals surface area (Å²) in [6, 6.07) is 16.0. The predicted octanol–water partition coefficient (Wildman–Crippen LogP) is 7.07. The van der Waals surface area contributed by atoms with Gasteiger partial charge in [0.05, 0.1) is 58.6 Å². The van der Waals surface area contributed by atoms with Crippen LogP contribution in [0.2, 0.25) is 5.02 Å². The normalized spacial score (nSPS) is 12.2. The molecule has 0 radical (unpaired) electrons. The van der Waals surface area contributed by atoms with Gasteiger partial charge in [-0.25, -0.2) is 45.0 Å². The number of pyridine rings is 1. The first-order valence-corrected chi connectivity index (χ1v) is 19.3. The van der Waals surface area contributed by atoms with Gasteiger partial charge in [0, 0.05) is 31.2 Å². The molecule has 0 saturated heterocycles. The molecular formula is C39H30ClF4N7O6S. The van der Waals surface area contributed by atoms with Crippen molar-refractivity contribution >= 4 is 55.5 Å². The van der Waals surface area contributed by atoms with E-state index in [1.165, 1.54) is 43.1 Å². The van der Waals surface area contributed by atoms with E-state index < -0.39 is 57.4 Å². The van der Waals surface area contributed by atoms with Crippen LogP contribution in [0, 0.1) is 23.3 Å². The highest BCUT2D eigenvalue weighted by Gasteiger charge is 2.30. The van der Waals surface area contributed by atoms with Gasteiger partial charge in [0.2, 0.25) is 10.0 Å². The summed E-state index contributed by atoms with van der Waals surface area (Å²) in [5, 5.41) is 16.8. The number of rotatable bonds is 11. The highest BCUT2D eigenvalue weighted by molar-refractivity contribution is 7.92. The third-order valence-corrected chi connectivity index (χ3v) is 10.6. The number of benzene rings is 4. The zero-order valence-electron chi connectivity index (χ0n) is 30.5. The number of amides is 1. The Bertz CT molecular complexity index is 2930. The number of nitrogens with zero attached hydrogens (tertiary/aromatic N) is 6. The van der Waals surface area contributed by atoms with Crippen molar-refractivity contribution in [1.82, 2.24) is 29.6 Å². The fourth-order valence-electron chi connectivity index (χ4n) is 6.66. The molecule has 2 N–H and O–H groups in total. The molecule has 1 atom stereocenters. The largest absolute Gasteiger partial charge is 0.497 e. The van der Waals surface area contributed by atoms with Crippen molar-refractivity contribution in [2.24, 2.45) is 7.05 Å². The lowest BCUT2D eigenvalue weighted by molar-refractivity contribution is 0.189. The number of anilines is 1. The molecule has 3 aromatic heterocycles. The Morgan fingerprint density at radius 2 is 1.64 bits per heavy atom. The number of aryl methyl sites for hydroxylation is 1. The molecule has 1 amide bonds. The third-order valence-electron chi connectivity index (χ3n) is 9.20. The molecule has 0 fully saturated rings. The Kier molecular flexibility index (Phi) is 10.6. The molecule has 7 aromatic rings. The number of methoxy groups -OCH3 is 1. The highest BCUT2D eigenvalue weighted by atomic mass is 35.5. The van der Waals surface area contributed by atoms with E-state index in [4.69, 9.17) is 16.3 Å². The number of halogens is 5. The lowest BCUT2D eigenvalue weighted by Gasteiger charge is -2.23. The van der Waals surface area contributed by atoms with Gasteiger partial charge in [-0.3, -0.25) is 14.0 Å². The minimum atomic E-state index is -4.06. The quantitative estimate of drug-likeness (QED) is 0.130.